The second kappa shape index (κ2) is 6.46. The van der Waals surface area contributed by atoms with Gasteiger partial charge in [-0.1, -0.05) is 0 Å². The van der Waals surface area contributed by atoms with Gasteiger partial charge in [-0.2, -0.15) is 4.31 Å². The molecule has 1 aromatic carbocycles. The van der Waals surface area contributed by atoms with Crippen LogP contribution >= 0.6 is 0 Å². The number of sulfonamides is 1. The highest BCUT2D eigenvalue weighted by Gasteiger charge is 2.27. The monoisotopic (exact) mass is 339 g/mol. The van der Waals surface area contributed by atoms with Gasteiger partial charge >= 0.3 is 0 Å². The SMILES string of the molecule is O=C([O-])c1cc(S(=O)(=O)N2CCOCC2)ccc1N1CCCC1. The Bertz CT molecular complexity index is 692. The maximum Gasteiger partial charge on any atom is 0.243 e. The maximum atomic E-state index is 12.6. The van der Waals surface area contributed by atoms with Crippen molar-refractivity contribution in [1.29, 1.82) is 0 Å². The lowest BCUT2D eigenvalue weighted by atomic mass is 10.1. The van der Waals surface area contributed by atoms with Crippen molar-refractivity contribution in [3.8, 4) is 0 Å². The lowest BCUT2D eigenvalue weighted by Gasteiger charge is -2.27. The van der Waals surface area contributed by atoms with Gasteiger partial charge in [-0.15, -0.1) is 0 Å². The zero-order valence-electron chi connectivity index (χ0n) is 12.7. The standard InChI is InChI=1S/C15H20N2O5S/c18-15(19)13-11-12(3-4-14(13)16-5-1-2-6-16)23(20,21)17-7-9-22-10-8-17/h3-4,11H,1-2,5-10H2,(H,18,19)/p-1. The molecule has 8 heteroatoms. The molecule has 2 fully saturated rings. The Morgan fingerprint density at radius 3 is 2.35 bits per heavy atom. The quantitative estimate of drug-likeness (QED) is 0.746. The fourth-order valence-corrected chi connectivity index (χ4v) is 4.44. The Morgan fingerprint density at radius 1 is 1.09 bits per heavy atom. The van der Waals surface area contributed by atoms with Gasteiger partial charge in [0, 0.05) is 37.4 Å². The third-order valence-electron chi connectivity index (χ3n) is 4.24. The summed E-state index contributed by atoms with van der Waals surface area (Å²) in [4.78, 5) is 13.4. The third-order valence-corrected chi connectivity index (χ3v) is 6.14. The van der Waals surface area contributed by atoms with Crippen LogP contribution in [-0.4, -0.2) is 58.1 Å². The lowest BCUT2D eigenvalue weighted by molar-refractivity contribution is -0.254. The van der Waals surface area contributed by atoms with Crippen molar-refractivity contribution in [2.24, 2.45) is 0 Å². The Balaban J connectivity index is 1.97. The summed E-state index contributed by atoms with van der Waals surface area (Å²) in [5.74, 6) is -1.36. The van der Waals surface area contributed by atoms with Crippen LogP contribution < -0.4 is 10.0 Å². The number of carboxylic acid groups (broad SMARTS) is 1. The molecule has 0 spiro atoms. The zero-order chi connectivity index (χ0) is 16.4. The number of nitrogens with zero attached hydrogens (tertiary/aromatic N) is 2. The predicted molar refractivity (Wildman–Crippen MR) is 81.8 cm³/mol. The minimum atomic E-state index is -3.71. The molecule has 3 rings (SSSR count). The van der Waals surface area contributed by atoms with Gasteiger partial charge < -0.3 is 19.5 Å². The molecule has 126 valence electrons. The van der Waals surface area contributed by atoms with Crippen LogP contribution in [0.4, 0.5) is 5.69 Å². The summed E-state index contributed by atoms with van der Waals surface area (Å²) in [7, 11) is -3.71. The Morgan fingerprint density at radius 2 is 1.74 bits per heavy atom. The summed E-state index contributed by atoms with van der Waals surface area (Å²) in [6, 6.07) is 4.27. The molecule has 2 heterocycles. The van der Waals surface area contributed by atoms with E-state index in [0.29, 0.717) is 18.9 Å². The molecule has 2 aliphatic heterocycles. The molecular formula is C15H19N2O5S-. The van der Waals surface area contributed by atoms with Crippen molar-refractivity contribution in [2.75, 3.05) is 44.3 Å². The Labute approximate surface area is 135 Å². The van der Waals surface area contributed by atoms with Crippen LogP contribution in [0.5, 0.6) is 0 Å². The van der Waals surface area contributed by atoms with Crippen LogP contribution in [-0.2, 0) is 14.8 Å². The highest BCUT2D eigenvalue weighted by atomic mass is 32.2. The largest absolute Gasteiger partial charge is 0.545 e. The normalized spacial score (nSPS) is 19.9. The maximum absolute atomic E-state index is 12.6. The summed E-state index contributed by atoms with van der Waals surface area (Å²) in [6.07, 6.45) is 2.00. The van der Waals surface area contributed by atoms with Crippen molar-refractivity contribution in [1.82, 2.24) is 4.31 Å². The number of carbonyl (C=O) groups excluding carboxylic acids is 1. The number of ether oxygens (including phenoxy) is 1. The summed E-state index contributed by atoms with van der Waals surface area (Å²) in [5, 5.41) is 11.5. The van der Waals surface area contributed by atoms with Gasteiger partial charge in [-0.3, -0.25) is 0 Å². The van der Waals surface area contributed by atoms with E-state index >= 15 is 0 Å². The molecular weight excluding hydrogens is 320 g/mol. The number of carboxylic acids is 1. The molecule has 0 amide bonds. The minimum Gasteiger partial charge on any atom is -0.545 e. The van der Waals surface area contributed by atoms with Crippen molar-refractivity contribution in [2.45, 2.75) is 17.7 Å². The van der Waals surface area contributed by atoms with Gasteiger partial charge in [0.2, 0.25) is 10.0 Å². The van der Waals surface area contributed by atoms with Gasteiger partial charge in [-0.25, -0.2) is 8.42 Å². The summed E-state index contributed by atoms with van der Waals surface area (Å²) in [5.41, 5.74) is 0.463. The second-order valence-electron chi connectivity index (χ2n) is 5.68. The number of benzene rings is 1. The summed E-state index contributed by atoms with van der Waals surface area (Å²) < 4.78 is 31.8. The minimum absolute atomic E-state index is 0.0125. The predicted octanol–water partition coefficient (Wildman–Crippen LogP) is -0.329. The van der Waals surface area contributed by atoms with E-state index in [-0.39, 0.29) is 23.5 Å². The number of rotatable bonds is 4. The van der Waals surface area contributed by atoms with Crippen LogP contribution in [0, 0.1) is 0 Å². The number of carbonyl (C=O) groups is 1. The first kappa shape index (κ1) is 16.2. The Kier molecular flexibility index (Phi) is 4.56. The highest BCUT2D eigenvalue weighted by Crippen LogP contribution is 2.28. The molecule has 0 atom stereocenters. The molecule has 7 nitrogen and oxygen atoms in total. The molecule has 2 saturated heterocycles. The first-order valence-corrected chi connectivity index (χ1v) is 9.12. The lowest BCUT2D eigenvalue weighted by Crippen LogP contribution is -2.40. The van der Waals surface area contributed by atoms with E-state index in [2.05, 4.69) is 0 Å². The van der Waals surface area contributed by atoms with Crippen LogP contribution in [0.25, 0.3) is 0 Å². The molecule has 0 aliphatic carbocycles. The van der Waals surface area contributed by atoms with Crippen LogP contribution in [0.15, 0.2) is 23.1 Å². The first-order chi connectivity index (χ1) is 11.0. The molecule has 0 aromatic heterocycles. The van der Waals surface area contributed by atoms with Gasteiger partial charge in [0.1, 0.15) is 0 Å². The van der Waals surface area contributed by atoms with E-state index in [9.17, 15) is 18.3 Å². The number of anilines is 1. The van der Waals surface area contributed by atoms with Crippen molar-refractivity contribution < 1.29 is 23.1 Å². The van der Waals surface area contributed by atoms with E-state index in [1.54, 1.807) is 6.07 Å². The van der Waals surface area contributed by atoms with E-state index in [1.165, 1.54) is 16.4 Å². The van der Waals surface area contributed by atoms with Crippen LogP contribution in [0.2, 0.25) is 0 Å². The topological polar surface area (TPSA) is 90.0 Å². The van der Waals surface area contributed by atoms with Crippen molar-refractivity contribution in [3.05, 3.63) is 23.8 Å². The van der Waals surface area contributed by atoms with Crippen molar-refractivity contribution >= 4 is 21.7 Å². The van der Waals surface area contributed by atoms with Gasteiger partial charge in [0.25, 0.3) is 0 Å². The third kappa shape index (κ3) is 3.19. The first-order valence-electron chi connectivity index (χ1n) is 7.68. The average Bonchev–Trinajstić information content (AvgIpc) is 3.09. The molecule has 0 unspecified atom stereocenters. The fraction of sp³-hybridized carbons (Fsp3) is 0.533. The fourth-order valence-electron chi connectivity index (χ4n) is 3.01. The van der Waals surface area contributed by atoms with Gasteiger partial charge in [-0.05, 0) is 31.0 Å². The van der Waals surface area contributed by atoms with E-state index < -0.39 is 16.0 Å². The van der Waals surface area contributed by atoms with Gasteiger partial charge in [0.05, 0.1) is 24.1 Å². The number of hydrogen-bond acceptors (Lipinski definition) is 6. The molecule has 0 N–H and O–H groups in total. The van der Waals surface area contributed by atoms with Crippen LogP contribution in [0.1, 0.15) is 23.2 Å². The molecule has 0 saturated carbocycles. The molecule has 1 aromatic rings. The van der Waals surface area contributed by atoms with E-state index in [4.69, 9.17) is 4.74 Å². The number of morpholine rings is 1. The molecule has 23 heavy (non-hydrogen) atoms. The molecule has 2 aliphatic rings. The smallest absolute Gasteiger partial charge is 0.243 e. The summed E-state index contributed by atoms with van der Waals surface area (Å²) >= 11 is 0. The Hall–Kier alpha value is -1.64. The molecule has 0 bridgehead atoms. The number of aromatic carboxylic acids is 1. The molecule has 0 radical (unpaired) electrons. The van der Waals surface area contributed by atoms with E-state index in [0.717, 1.165) is 25.9 Å². The van der Waals surface area contributed by atoms with Crippen molar-refractivity contribution in [3.63, 3.8) is 0 Å². The summed E-state index contributed by atoms with van der Waals surface area (Å²) in [6.45, 7) is 2.79. The average molecular weight is 339 g/mol. The van der Waals surface area contributed by atoms with Gasteiger partial charge in [0.15, 0.2) is 0 Å². The number of hydrogen-bond donors (Lipinski definition) is 0. The highest BCUT2D eigenvalue weighted by molar-refractivity contribution is 7.89. The van der Waals surface area contributed by atoms with Crippen LogP contribution in [0.3, 0.4) is 0 Å². The zero-order valence-corrected chi connectivity index (χ0v) is 13.5. The second-order valence-corrected chi connectivity index (χ2v) is 7.61. The van der Waals surface area contributed by atoms with E-state index in [1.807, 2.05) is 4.90 Å².